The monoisotopic (exact) mass is 232 g/mol. The van der Waals surface area contributed by atoms with Gasteiger partial charge in [-0.05, 0) is 36.5 Å². The van der Waals surface area contributed by atoms with Gasteiger partial charge in [0.1, 0.15) is 5.82 Å². The molecule has 1 aliphatic carbocycles. The fraction of sp³-hybridized carbons (Fsp3) is 0.400. The predicted molar refractivity (Wildman–Crippen MR) is 52.6 cm³/mol. The Kier molecular flexibility index (Phi) is 2.73. The Morgan fingerprint density at radius 3 is 2.53 bits per heavy atom. The van der Waals surface area contributed by atoms with E-state index in [1.54, 1.807) is 0 Å². The first kappa shape index (κ1) is 10.5. The zero-order valence-electron chi connectivity index (χ0n) is 7.87. The third-order valence-corrected chi connectivity index (χ3v) is 3.35. The lowest BCUT2D eigenvalue weighted by molar-refractivity contribution is 0.438. The molecule has 0 amide bonds. The van der Waals surface area contributed by atoms with Gasteiger partial charge in [-0.1, -0.05) is 6.07 Å². The first-order valence-electron chi connectivity index (χ1n) is 4.69. The van der Waals surface area contributed by atoms with Crippen molar-refractivity contribution in [1.82, 2.24) is 0 Å². The van der Waals surface area contributed by atoms with Gasteiger partial charge >= 0.3 is 0 Å². The Morgan fingerprint density at radius 1 is 1.20 bits per heavy atom. The highest BCUT2D eigenvalue weighted by Gasteiger charge is 2.24. The minimum atomic E-state index is -3.14. The maximum Gasteiger partial charge on any atom is 0.223 e. The minimum Gasteiger partial charge on any atom is -0.228 e. The Hall–Kier alpha value is -0.970. The molecule has 0 heterocycles. The van der Waals surface area contributed by atoms with Crippen molar-refractivity contribution in [3.63, 3.8) is 0 Å². The highest BCUT2D eigenvalue weighted by atomic mass is 32.2. The highest BCUT2D eigenvalue weighted by molar-refractivity contribution is 7.72. The molecule has 0 saturated heterocycles. The van der Waals surface area contributed by atoms with E-state index in [2.05, 4.69) is 0 Å². The molecule has 5 heteroatoms. The van der Waals surface area contributed by atoms with E-state index >= 15 is 0 Å². The number of halogens is 2. The zero-order valence-corrected chi connectivity index (χ0v) is 8.77. The van der Waals surface area contributed by atoms with Crippen LogP contribution < -0.4 is 0 Å². The molecule has 0 bridgehead atoms. The molecule has 82 valence electrons. The second-order valence-corrected chi connectivity index (χ2v) is 4.59. The van der Waals surface area contributed by atoms with E-state index in [1.807, 2.05) is 0 Å². The number of thiol groups is 1. The van der Waals surface area contributed by atoms with Crippen LogP contribution >= 0.6 is 0 Å². The molecule has 0 radical (unpaired) electrons. The quantitative estimate of drug-likeness (QED) is 0.790. The number of rotatable bonds is 2. The van der Waals surface area contributed by atoms with Crippen molar-refractivity contribution >= 4 is 10.7 Å². The number of hydrogen-bond donors (Lipinski definition) is 1. The predicted octanol–water partition coefficient (Wildman–Crippen LogP) is 1.89. The van der Waals surface area contributed by atoms with Crippen molar-refractivity contribution in [3.8, 4) is 0 Å². The second-order valence-electron chi connectivity index (χ2n) is 3.57. The lowest BCUT2D eigenvalue weighted by Crippen LogP contribution is -2.01. The van der Waals surface area contributed by atoms with E-state index in [-0.39, 0.29) is 11.4 Å². The lowest BCUT2D eigenvalue weighted by Gasteiger charge is -2.09. The van der Waals surface area contributed by atoms with Crippen molar-refractivity contribution in [2.24, 2.45) is 0 Å². The summed E-state index contributed by atoms with van der Waals surface area (Å²) >= 11 is 0. The van der Waals surface area contributed by atoms with Crippen molar-refractivity contribution in [2.45, 2.75) is 24.8 Å². The Bertz CT molecular complexity index is 461. The average molecular weight is 232 g/mol. The molecular weight excluding hydrogens is 222 g/mol. The van der Waals surface area contributed by atoms with E-state index in [1.165, 1.54) is 6.07 Å². The molecule has 0 fully saturated rings. The molecule has 2 rings (SSSR count). The maximum atomic E-state index is 13.3. The van der Waals surface area contributed by atoms with Crippen LogP contribution in [0.2, 0.25) is 0 Å². The fourth-order valence-corrected chi connectivity index (χ4v) is 2.50. The van der Waals surface area contributed by atoms with Gasteiger partial charge in [0.05, 0.1) is 0 Å². The van der Waals surface area contributed by atoms with Crippen LogP contribution in [-0.4, -0.2) is 8.42 Å². The van der Waals surface area contributed by atoms with Gasteiger partial charge in [-0.25, -0.2) is 17.2 Å². The van der Waals surface area contributed by atoms with Crippen LogP contribution in [0.1, 0.15) is 28.6 Å². The van der Waals surface area contributed by atoms with E-state index in [0.29, 0.717) is 24.0 Å². The Morgan fingerprint density at radius 2 is 1.87 bits per heavy atom. The first-order chi connectivity index (χ1) is 7.11. The van der Waals surface area contributed by atoms with Crippen LogP contribution in [0, 0.1) is 5.82 Å². The molecule has 1 aliphatic rings. The van der Waals surface area contributed by atoms with Crippen LogP contribution in [0.25, 0.3) is 0 Å². The summed E-state index contributed by atoms with van der Waals surface area (Å²) in [7, 11) is -3.14. The third kappa shape index (κ3) is 1.76. The van der Waals surface area contributed by atoms with Crippen molar-refractivity contribution < 1.29 is 17.2 Å². The SMILES string of the molecule is O=[SH](=O)C(F)c1ccc(F)c2c1CCC2. The van der Waals surface area contributed by atoms with Gasteiger partial charge in [0.25, 0.3) is 0 Å². The average Bonchev–Trinajstić information content (AvgIpc) is 2.66. The van der Waals surface area contributed by atoms with Crippen LogP contribution in [0.5, 0.6) is 0 Å². The third-order valence-electron chi connectivity index (χ3n) is 2.71. The summed E-state index contributed by atoms with van der Waals surface area (Å²) in [6.45, 7) is 0. The van der Waals surface area contributed by atoms with E-state index < -0.39 is 16.2 Å². The molecule has 15 heavy (non-hydrogen) atoms. The van der Waals surface area contributed by atoms with Gasteiger partial charge in [-0.3, -0.25) is 0 Å². The van der Waals surface area contributed by atoms with Crippen molar-refractivity contribution in [1.29, 1.82) is 0 Å². The van der Waals surface area contributed by atoms with Crippen LogP contribution in [0.15, 0.2) is 12.1 Å². The molecule has 0 saturated carbocycles. The van der Waals surface area contributed by atoms with Crippen LogP contribution in [-0.2, 0) is 23.5 Å². The fourth-order valence-electron chi connectivity index (χ4n) is 2.03. The summed E-state index contributed by atoms with van der Waals surface area (Å²) in [6.07, 6.45) is 1.88. The number of hydrogen-bond acceptors (Lipinski definition) is 2. The maximum absolute atomic E-state index is 13.3. The second kappa shape index (κ2) is 3.89. The van der Waals surface area contributed by atoms with Gasteiger partial charge in [0.15, 0.2) is 10.7 Å². The molecule has 0 aliphatic heterocycles. The topological polar surface area (TPSA) is 34.1 Å². The molecule has 1 aromatic rings. The standard InChI is InChI=1S/C10H10F2O2S/c11-9-5-4-8(10(12)15(13)14)6-2-1-3-7(6)9/h4-5,10,15H,1-3H2. The van der Waals surface area contributed by atoms with E-state index in [4.69, 9.17) is 0 Å². The molecule has 1 atom stereocenters. The summed E-state index contributed by atoms with van der Waals surface area (Å²) < 4.78 is 47.7. The zero-order chi connectivity index (χ0) is 11.0. The summed E-state index contributed by atoms with van der Waals surface area (Å²) in [5.74, 6) is -0.362. The van der Waals surface area contributed by atoms with Crippen LogP contribution in [0.3, 0.4) is 0 Å². The summed E-state index contributed by atoms with van der Waals surface area (Å²) in [5.41, 5.74) is -0.874. The van der Waals surface area contributed by atoms with Gasteiger partial charge in [-0.15, -0.1) is 0 Å². The minimum absolute atomic E-state index is 0.111. The smallest absolute Gasteiger partial charge is 0.223 e. The van der Waals surface area contributed by atoms with Crippen molar-refractivity contribution in [2.75, 3.05) is 0 Å². The highest BCUT2D eigenvalue weighted by Crippen LogP contribution is 2.32. The Balaban J connectivity index is 2.55. The largest absolute Gasteiger partial charge is 0.228 e. The van der Waals surface area contributed by atoms with Crippen molar-refractivity contribution in [3.05, 3.63) is 34.6 Å². The van der Waals surface area contributed by atoms with E-state index in [9.17, 15) is 17.2 Å². The molecule has 0 aromatic heterocycles. The van der Waals surface area contributed by atoms with Crippen LogP contribution in [0.4, 0.5) is 8.78 Å². The summed E-state index contributed by atoms with van der Waals surface area (Å²) in [5, 5.41) is 0. The molecular formula is C10H10F2O2S. The molecule has 0 N–H and O–H groups in total. The lowest BCUT2D eigenvalue weighted by atomic mass is 10.0. The Labute approximate surface area is 87.9 Å². The number of benzene rings is 1. The van der Waals surface area contributed by atoms with E-state index in [0.717, 1.165) is 12.5 Å². The molecule has 0 spiro atoms. The molecule has 2 nitrogen and oxygen atoms in total. The normalized spacial score (nSPS) is 16.7. The van der Waals surface area contributed by atoms with Gasteiger partial charge in [0, 0.05) is 5.56 Å². The van der Waals surface area contributed by atoms with Gasteiger partial charge in [-0.2, -0.15) is 0 Å². The summed E-state index contributed by atoms with van der Waals surface area (Å²) in [6, 6.07) is 2.38. The summed E-state index contributed by atoms with van der Waals surface area (Å²) in [4.78, 5) is 0. The first-order valence-corrected chi connectivity index (χ1v) is 5.93. The number of alkyl halides is 1. The van der Waals surface area contributed by atoms with Gasteiger partial charge < -0.3 is 0 Å². The number of fused-ring (bicyclic) bond motifs is 1. The molecule has 1 unspecified atom stereocenters. The van der Waals surface area contributed by atoms with Gasteiger partial charge in [0.2, 0.25) is 5.50 Å². The molecule has 1 aromatic carbocycles.